The summed E-state index contributed by atoms with van der Waals surface area (Å²) in [6, 6.07) is 11.6. The fraction of sp³-hybridized carbons (Fsp3) is 0.389. The first-order valence-electron chi connectivity index (χ1n) is 7.60. The van der Waals surface area contributed by atoms with Crippen molar-refractivity contribution >= 4 is 0 Å². The van der Waals surface area contributed by atoms with Crippen LogP contribution < -0.4 is 5.32 Å². The van der Waals surface area contributed by atoms with Crippen molar-refractivity contribution in [2.45, 2.75) is 39.2 Å². The van der Waals surface area contributed by atoms with Gasteiger partial charge in [-0.15, -0.1) is 0 Å². The number of rotatable bonds is 7. The Morgan fingerprint density at radius 2 is 2.10 bits per heavy atom. The van der Waals surface area contributed by atoms with Gasteiger partial charge >= 0.3 is 0 Å². The molecule has 1 aromatic heterocycles. The maximum absolute atomic E-state index is 13.4. The number of benzene rings is 1. The molecule has 3 heteroatoms. The van der Waals surface area contributed by atoms with E-state index >= 15 is 0 Å². The van der Waals surface area contributed by atoms with E-state index in [9.17, 15) is 4.39 Å². The maximum Gasteiger partial charge on any atom is 0.126 e. The molecule has 21 heavy (non-hydrogen) atoms. The van der Waals surface area contributed by atoms with Crippen LogP contribution in [-0.2, 0) is 6.42 Å². The predicted octanol–water partition coefficient (Wildman–Crippen LogP) is 4.20. The molecule has 1 aromatic carbocycles. The van der Waals surface area contributed by atoms with Gasteiger partial charge in [0.2, 0.25) is 0 Å². The molecule has 1 unspecified atom stereocenters. The van der Waals surface area contributed by atoms with Gasteiger partial charge in [0.25, 0.3) is 0 Å². The molecule has 1 atom stereocenters. The summed E-state index contributed by atoms with van der Waals surface area (Å²) >= 11 is 0. The summed E-state index contributed by atoms with van der Waals surface area (Å²) in [4.78, 5) is 4.37. The maximum atomic E-state index is 13.4. The van der Waals surface area contributed by atoms with Crippen LogP contribution in [0, 0.1) is 12.7 Å². The van der Waals surface area contributed by atoms with Crippen LogP contribution in [0.4, 0.5) is 4.39 Å². The quantitative estimate of drug-likeness (QED) is 0.825. The smallest absolute Gasteiger partial charge is 0.126 e. The Morgan fingerprint density at radius 3 is 2.76 bits per heavy atom. The molecule has 2 nitrogen and oxygen atoms in total. The van der Waals surface area contributed by atoms with Crippen molar-refractivity contribution in [2.24, 2.45) is 0 Å². The summed E-state index contributed by atoms with van der Waals surface area (Å²) in [5.74, 6) is -0.141. The highest BCUT2D eigenvalue weighted by molar-refractivity contribution is 5.26. The number of hydrogen-bond acceptors (Lipinski definition) is 2. The van der Waals surface area contributed by atoms with Crippen molar-refractivity contribution in [1.29, 1.82) is 0 Å². The molecular weight excluding hydrogens is 263 g/mol. The highest BCUT2D eigenvalue weighted by Gasteiger charge is 2.12. The van der Waals surface area contributed by atoms with Gasteiger partial charge in [-0.1, -0.05) is 25.1 Å². The van der Waals surface area contributed by atoms with E-state index in [1.165, 1.54) is 0 Å². The molecule has 0 amide bonds. The van der Waals surface area contributed by atoms with E-state index in [2.05, 4.69) is 17.2 Å². The lowest BCUT2D eigenvalue weighted by molar-refractivity contribution is 0.495. The second kappa shape index (κ2) is 7.89. The lowest BCUT2D eigenvalue weighted by Crippen LogP contribution is -2.23. The summed E-state index contributed by atoms with van der Waals surface area (Å²) in [5, 5.41) is 3.55. The van der Waals surface area contributed by atoms with Gasteiger partial charge in [0, 0.05) is 17.9 Å². The Kier molecular flexibility index (Phi) is 5.88. The SMILES string of the molecule is CCCNC(CCc1ccccn1)c1ccc(F)c(C)c1. The summed E-state index contributed by atoms with van der Waals surface area (Å²) in [7, 11) is 0. The van der Waals surface area contributed by atoms with E-state index in [1.54, 1.807) is 6.07 Å². The molecule has 0 radical (unpaired) electrons. The molecule has 0 saturated heterocycles. The Hall–Kier alpha value is -1.74. The monoisotopic (exact) mass is 286 g/mol. The average Bonchev–Trinajstić information content (AvgIpc) is 2.51. The van der Waals surface area contributed by atoms with Crippen LogP contribution in [0.15, 0.2) is 42.6 Å². The number of hydrogen-bond donors (Lipinski definition) is 1. The third kappa shape index (κ3) is 4.64. The van der Waals surface area contributed by atoms with Crippen molar-refractivity contribution in [2.75, 3.05) is 6.54 Å². The minimum atomic E-state index is -0.141. The Bertz CT molecular complexity index is 554. The summed E-state index contributed by atoms with van der Waals surface area (Å²) < 4.78 is 13.4. The second-order valence-electron chi connectivity index (χ2n) is 5.38. The van der Waals surface area contributed by atoms with Crippen LogP contribution in [0.3, 0.4) is 0 Å². The van der Waals surface area contributed by atoms with Crippen LogP contribution in [0.2, 0.25) is 0 Å². The molecule has 1 N–H and O–H groups in total. The Balaban J connectivity index is 2.08. The molecule has 1 heterocycles. The number of halogens is 1. The number of aryl methyl sites for hydroxylation is 2. The number of nitrogens with one attached hydrogen (secondary N) is 1. The van der Waals surface area contributed by atoms with Crippen molar-refractivity contribution in [3.8, 4) is 0 Å². The van der Waals surface area contributed by atoms with Gasteiger partial charge in [-0.3, -0.25) is 4.98 Å². The van der Waals surface area contributed by atoms with Gasteiger partial charge in [0.1, 0.15) is 5.82 Å². The lowest BCUT2D eigenvalue weighted by Gasteiger charge is -2.19. The number of pyridine rings is 1. The molecule has 0 aliphatic carbocycles. The van der Waals surface area contributed by atoms with Crippen LogP contribution in [0.5, 0.6) is 0 Å². The van der Waals surface area contributed by atoms with Crippen LogP contribution in [-0.4, -0.2) is 11.5 Å². The zero-order chi connectivity index (χ0) is 15.1. The van der Waals surface area contributed by atoms with Crippen LogP contribution in [0.1, 0.15) is 42.6 Å². The zero-order valence-corrected chi connectivity index (χ0v) is 12.8. The first-order valence-corrected chi connectivity index (χ1v) is 7.60. The molecule has 0 saturated carbocycles. The zero-order valence-electron chi connectivity index (χ0n) is 12.8. The summed E-state index contributed by atoms with van der Waals surface area (Å²) in [6.07, 6.45) is 4.78. The van der Waals surface area contributed by atoms with Gasteiger partial charge in [-0.25, -0.2) is 4.39 Å². The van der Waals surface area contributed by atoms with E-state index in [-0.39, 0.29) is 11.9 Å². The van der Waals surface area contributed by atoms with E-state index in [4.69, 9.17) is 0 Å². The highest BCUT2D eigenvalue weighted by Crippen LogP contribution is 2.21. The van der Waals surface area contributed by atoms with Crippen LogP contribution in [0.25, 0.3) is 0 Å². The summed E-state index contributed by atoms with van der Waals surface area (Å²) in [5.41, 5.74) is 2.95. The number of aromatic nitrogens is 1. The largest absolute Gasteiger partial charge is 0.310 e. The van der Waals surface area contributed by atoms with Crippen LogP contribution >= 0.6 is 0 Å². The predicted molar refractivity (Wildman–Crippen MR) is 84.7 cm³/mol. The van der Waals surface area contributed by atoms with Crippen molar-refractivity contribution in [1.82, 2.24) is 10.3 Å². The van der Waals surface area contributed by atoms with Gasteiger partial charge in [-0.05, 0) is 62.1 Å². The minimum Gasteiger partial charge on any atom is -0.310 e. The van der Waals surface area contributed by atoms with E-state index in [1.807, 2.05) is 43.5 Å². The van der Waals surface area contributed by atoms with Crippen molar-refractivity contribution in [3.05, 3.63) is 65.2 Å². The Morgan fingerprint density at radius 1 is 1.24 bits per heavy atom. The molecule has 112 valence electrons. The molecule has 0 aliphatic heterocycles. The van der Waals surface area contributed by atoms with Gasteiger partial charge < -0.3 is 5.32 Å². The summed E-state index contributed by atoms with van der Waals surface area (Å²) in [6.45, 7) is 4.93. The van der Waals surface area contributed by atoms with Gasteiger partial charge in [-0.2, -0.15) is 0 Å². The topological polar surface area (TPSA) is 24.9 Å². The molecular formula is C18H23FN2. The first-order chi connectivity index (χ1) is 10.2. The van der Waals surface area contributed by atoms with E-state index < -0.39 is 0 Å². The first kappa shape index (κ1) is 15.6. The number of nitrogens with zero attached hydrogens (tertiary/aromatic N) is 1. The normalized spacial score (nSPS) is 12.3. The lowest BCUT2D eigenvalue weighted by atomic mass is 9.98. The molecule has 2 aromatic rings. The molecule has 2 rings (SSSR count). The fourth-order valence-electron chi connectivity index (χ4n) is 2.43. The van der Waals surface area contributed by atoms with E-state index in [0.717, 1.165) is 37.1 Å². The molecule has 0 fully saturated rings. The van der Waals surface area contributed by atoms with Gasteiger partial charge in [0.15, 0.2) is 0 Å². The third-order valence-corrected chi connectivity index (χ3v) is 3.64. The standard InChI is InChI=1S/C18H23FN2/c1-3-11-21-18(10-8-16-6-4-5-12-20-16)15-7-9-17(19)14(2)13-15/h4-7,9,12-13,18,21H,3,8,10-11H2,1-2H3. The van der Waals surface area contributed by atoms with Crippen molar-refractivity contribution < 1.29 is 4.39 Å². The second-order valence-corrected chi connectivity index (χ2v) is 5.38. The van der Waals surface area contributed by atoms with Crippen molar-refractivity contribution in [3.63, 3.8) is 0 Å². The Labute approximate surface area is 126 Å². The third-order valence-electron chi connectivity index (χ3n) is 3.64. The molecule has 0 bridgehead atoms. The van der Waals surface area contributed by atoms with Gasteiger partial charge in [0.05, 0.1) is 0 Å². The average molecular weight is 286 g/mol. The molecule has 0 spiro atoms. The molecule has 0 aliphatic rings. The minimum absolute atomic E-state index is 0.141. The van der Waals surface area contributed by atoms with E-state index in [0.29, 0.717) is 5.56 Å². The highest BCUT2D eigenvalue weighted by atomic mass is 19.1. The fourth-order valence-corrected chi connectivity index (χ4v) is 2.43.